The Bertz CT molecular complexity index is 431. The van der Waals surface area contributed by atoms with Crippen LogP contribution in [0.4, 0.5) is 0 Å². The van der Waals surface area contributed by atoms with Crippen LogP contribution in [0.15, 0.2) is 18.2 Å². The zero-order valence-electron chi connectivity index (χ0n) is 10.1. The molecule has 0 bridgehead atoms. The van der Waals surface area contributed by atoms with Crippen molar-refractivity contribution in [1.82, 2.24) is 4.90 Å². The van der Waals surface area contributed by atoms with Gasteiger partial charge in [0.05, 0.1) is 17.0 Å². The Morgan fingerprint density at radius 2 is 2.28 bits per heavy atom. The first-order valence-corrected chi connectivity index (χ1v) is 7.66. The van der Waals surface area contributed by atoms with Crippen LogP contribution in [-0.4, -0.2) is 42.9 Å². The maximum absolute atomic E-state index is 12.3. The van der Waals surface area contributed by atoms with E-state index in [0.717, 1.165) is 3.57 Å². The van der Waals surface area contributed by atoms with Crippen molar-refractivity contribution in [3.05, 3.63) is 32.4 Å². The van der Waals surface area contributed by atoms with Crippen molar-refractivity contribution >= 4 is 56.0 Å². The summed E-state index contributed by atoms with van der Waals surface area (Å²) < 4.78 is 5.92. The Morgan fingerprint density at radius 1 is 1.61 bits per heavy atom. The van der Waals surface area contributed by atoms with E-state index in [0.29, 0.717) is 23.7 Å². The lowest BCUT2D eigenvalue weighted by Crippen LogP contribution is -2.34. The first kappa shape index (κ1) is 16.2. The molecule has 1 aromatic carbocycles. The predicted molar refractivity (Wildman–Crippen MR) is 85.7 cm³/mol. The summed E-state index contributed by atoms with van der Waals surface area (Å²) in [6.07, 6.45) is 0. The third-order valence-corrected chi connectivity index (χ3v) is 4.05. The van der Waals surface area contributed by atoms with Crippen molar-refractivity contribution in [2.75, 3.05) is 27.3 Å². The molecule has 0 aliphatic heterocycles. The van der Waals surface area contributed by atoms with Gasteiger partial charge in [-0.1, -0.05) is 27.5 Å². The van der Waals surface area contributed by atoms with Crippen LogP contribution in [0.5, 0.6) is 0 Å². The molecule has 0 N–H and O–H groups in total. The van der Waals surface area contributed by atoms with Crippen molar-refractivity contribution < 1.29 is 9.53 Å². The maximum atomic E-state index is 12.3. The number of hydrogen-bond acceptors (Lipinski definition) is 2. The number of nitrogens with zero attached hydrogens (tertiary/aromatic N) is 1. The summed E-state index contributed by atoms with van der Waals surface area (Å²) in [6.45, 7) is 1.14. The average Bonchev–Trinajstić information content (AvgIpc) is 2.31. The zero-order valence-corrected chi connectivity index (χ0v) is 14.6. The van der Waals surface area contributed by atoms with E-state index in [1.54, 1.807) is 31.2 Å². The molecule has 0 spiro atoms. The number of carbonyl (C=O) groups is 1. The van der Waals surface area contributed by atoms with Gasteiger partial charge in [0.2, 0.25) is 0 Å². The molecule has 1 aromatic rings. The Morgan fingerprint density at radius 3 is 2.89 bits per heavy atom. The summed E-state index contributed by atoms with van der Waals surface area (Å²) in [5.41, 5.74) is 0.628. The minimum absolute atomic E-state index is 0.0394. The van der Waals surface area contributed by atoms with Gasteiger partial charge in [-0.25, -0.2) is 0 Å². The van der Waals surface area contributed by atoms with E-state index >= 15 is 0 Å². The number of benzene rings is 1. The second-order valence-corrected chi connectivity index (χ2v) is 6.76. The van der Waals surface area contributed by atoms with E-state index in [9.17, 15) is 4.79 Å². The topological polar surface area (TPSA) is 29.5 Å². The molecule has 18 heavy (non-hydrogen) atoms. The van der Waals surface area contributed by atoms with Gasteiger partial charge in [-0.3, -0.25) is 4.79 Å². The van der Waals surface area contributed by atoms with Crippen LogP contribution >= 0.6 is 50.1 Å². The van der Waals surface area contributed by atoms with E-state index in [-0.39, 0.29) is 10.7 Å². The fourth-order valence-corrected chi connectivity index (χ4v) is 2.92. The Hall–Kier alpha value is 0.150. The van der Waals surface area contributed by atoms with E-state index in [1.807, 2.05) is 6.07 Å². The molecule has 0 aliphatic rings. The number of methoxy groups -OCH3 is 1. The monoisotopic (exact) mass is 445 g/mol. The van der Waals surface area contributed by atoms with Crippen LogP contribution < -0.4 is 0 Å². The number of carbonyl (C=O) groups excluding carboxylic acids is 1. The van der Waals surface area contributed by atoms with E-state index in [1.165, 1.54) is 0 Å². The van der Waals surface area contributed by atoms with Crippen LogP contribution in [-0.2, 0) is 4.74 Å². The molecule has 0 saturated carbocycles. The third kappa shape index (κ3) is 4.68. The third-order valence-electron chi connectivity index (χ3n) is 2.32. The SMILES string of the molecule is COCC(Br)CN(C)C(=O)c1cc(Cl)ccc1I. The molecule has 0 fully saturated rings. The normalized spacial score (nSPS) is 12.3. The molecule has 0 radical (unpaired) electrons. The summed E-state index contributed by atoms with van der Waals surface area (Å²) in [5, 5.41) is 0.569. The van der Waals surface area contributed by atoms with Crippen molar-refractivity contribution in [3.8, 4) is 0 Å². The molecular weight excluding hydrogens is 432 g/mol. The lowest BCUT2D eigenvalue weighted by molar-refractivity contribution is 0.0783. The number of amides is 1. The molecule has 1 atom stereocenters. The second kappa shape index (κ2) is 7.67. The Balaban J connectivity index is 2.77. The van der Waals surface area contributed by atoms with Crippen LogP contribution in [0.2, 0.25) is 5.02 Å². The lowest BCUT2D eigenvalue weighted by Gasteiger charge is -2.21. The van der Waals surface area contributed by atoms with Crippen LogP contribution in [0, 0.1) is 3.57 Å². The van der Waals surface area contributed by atoms with Crippen molar-refractivity contribution in [3.63, 3.8) is 0 Å². The minimum atomic E-state index is -0.0394. The smallest absolute Gasteiger partial charge is 0.254 e. The van der Waals surface area contributed by atoms with Gasteiger partial charge in [0.1, 0.15) is 0 Å². The molecule has 1 unspecified atom stereocenters. The van der Waals surface area contributed by atoms with E-state index < -0.39 is 0 Å². The standard InChI is InChI=1S/C12H14BrClINO2/c1-16(6-8(13)7-18-2)12(17)10-5-9(14)3-4-11(10)15/h3-5,8H,6-7H2,1-2H3. The van der Waals surface area contributed by atoms with Gasteiger partial charge in [-0.05, 0) is 40.8 Å². The fraction of sp³-hybridized carbons (Fsp3) is 0.417. The quantitative estimate of drug-likeness (QED) is 0.513. The van der Waals surface area contributed by atoms with Gasteiger partial charge in [0, 0.05) is 29.3 Å². The summed E-state index contributed by atoms with van der Waals surface area (Å²) in [5.74, 6) is -0.0394. The van der Waals surface area contributed by atoms with Crippen LogP contribution in [0.25, 0.3) is 0 Å². The largest absolute Gasteiger partial charge is 0.383 e. The van der Waals surface area contributed by atoms with Crippen molar-refractivity contribution in [1.29, 1.82) is 0 Å². The van der Waals surface area contributed by atoms with E-state index in [4.69, 9.17) is 16.3 Å². The zero-order chi connectivity index (χ0) is 13.7. The molecule has 3 nitrogen and oxygen atoms in total. The van der Waals surface area contributed by atoms with Crippen molar-refractivity contribution in [2.24, 2.45) is 0 Å². The molecule has 100 valence electrons. The highest BCUT2D eigenvalue weighted by Crippen LogP contribution is 2.19. The maximum Gasteiger partial charge on any atom is 0.254 e. The number of hydrogen-bond donors (Lipinski definition) is 0. The summed E-state index contributed by atoms with van der Waals surface area (Å²) in [6, 6.07) is 5.31. The summed E-state index contributed by atoms with van der Waals surface area (Å²) in [7, 11) is 3.40. The minimum Gasteiger partial charge on any atom is -0.383 e. The van der Waals surface area contributed by atoms with Gasteiger partial charge in [0.15, 0.2) is 0 Å². The number of ether oxygens (including phenoxy) is 1. The Kier molecular flexibility index (Phi) is 6.90. The second-order valence-electron chi connectivity index (χ2n) is 3.86. The first-order chi connectivity index (χ1) is 8.45. The number of alkyl halides is 1. The molecule has 0 aliphatic carbocycles. The highest BCUT2D eigenvalue weighted by Gasteiger charge is 2.17. The molecule has 1 rings (SSSR count). The molecule has 0 aromatic heterocycles. The molecule has 6 heteroatoms. The molecular formula is C12H14BrClINO2. The van der Waals surface area contributed by atoms with Gasteiger partial charge in [-0.15, -0.1) is 0 Å². The first-order valence-electron chi connectivity index (χ1n) is 5.29. The predicted octanol–water partition coefficient (Wildman–Crippen LogP) is 3.43. The average molecular weight is 447 g/mol. The lowest BCUT2D eigenvalue weighted by atomic mass is 10.2. The molecule has 1 amide bonds. The van der Waals surface area contributed by atoms with Gasteiger partial charge < -0.3 is 9.64 Å². The fourth-order valence-electron chi connectivity index (χ4n) is 1.48. The van der Waals surface area contributed by atoms with Gasteiger partial charge >= 0.3 is 0 Å². The summed E-state index contributed by atoms with van der Waals surface area (Å²) >= 11 is 11.5. The van der Waals surface area contributed by atoms with Gasteiger partial charge in [0.25, 0.3) is 5.91 Å². The van der Waals surface area contributed by atoms with Crippen LogP contribution in [0.3, 0.4) is 0 Å². The highest BCUT2D eigenvalue weighted by atomic mass is 127. The summed E-state index contributed by atoms with van der Waals surface area (Å²) in [4.78, 5) is 14.0. The Labute approximate surface area is 134 Å². The van der Waals surface area contributed by atoms with Crippen LogP contribution in [0.1, 0.15) is 10.4 Å². The number of rotatable bonds is 5. The van der Waals surface area contributed by atoms with E-state index in [2.05, 4.69) is 38.5 Å². The number of halogens is 3. The molecule has 0 saturated heterocycles. The van der Waals surface area contributed by atoms with Gasteiger partial charge in [-0.2, -0.15) is 0 Å². The highest BCUT2D eigenvalue weighted by molar-refractivity contribution is 14.1. The molecule has 0 heterocycles. The van der Waals surface area contributed by atoms with Crippen molar-refractivity contribution in [2.45, 2.75) is 4.83 Å².